The molecule has 10 nitrogen and oxygen atoms in total. The lowest BCUT2D eigenvalue weighted by atomic mass is 9.47. The van der Waals surface area contributed by atoms with Crippen LogP contribution in [0.1, 0.15) is 66.2 Å². The van der Waals surface area contributed by atoms with Crippen molar-refractivity contribution in [3.8, 4) is 0 Å². The third-order valence-electron chi connectivity index (χ3n) is 7.39. The molecule has 0 radical (unpaired) electrons. The molecule has 0 spiro atoms. The van der Waals surface area contributed by atoms with Crippen LogP contribution in [0.3, 0.4) is 0 Å². The zero-order valence-electron chi connectivity index (χ0n) is 20.1. The van der Waals surface area contributed by atoms with Crippen LogP contribution in [0.5, 0.6) is 0 Å². The molecule has 1 aromatic carbocycles. The van der Waals surface area contributed by atoms with Crippen molar-refractivity contribution in [3.63, 3.8) is 0 Å². The number of rotatable bonds is 7. The van der Waals surface area contributed by atoms with Gasteiger partial charge in [0.25, 0.3) is 5.91 Å². The van der Waals surface area contributed by atoms with Crippen molar-refractivity contribution in [2.24, 2.45) is 17.3 Å². The van der Waals surface area contributed by atoms with E-state index in [4.69, 9.17) is 9.47 Å². The molecule has 5 rings (SSSR count). The van der Waals surface area contributed by atoms with Crippen molar-refractivity contribution < 1.29 is 38.2 Å². The Labute approximate surface area is 203 Å². The van der Waals surface area contributed by atoms with Gasteiger partial charge in [0, 0.05) is 12.5 Å². The maximum absolute atomic E-state index is 13.2. The number of nitrogens with one attached hydrogen (secondary N) is 2. The van der Waals surface area contributed by atoms with Crippen LogP contribution in [0.4, 0.5) is 5.69 Å². The molecule has 4 bridgehead atoms. The fourth-order valence-electron chi connectivity index (χ4n) is 6.67. The Morgan fingerprint density at radius 2 is 1.63 bits per heavy atom. The van der Waals surface area contributed by atoms with Gasteiger partial charge in [-0.05, 0) is 68.6 Å². The monoisotopic (exact) mass is 486 g/mol. The van der Waals surface area contributed by atoms with Crippen LogP contribution in [-0.2, 0) is 28.6 Å². The standard InChI is InChI=1S/C25H30N2O8/c1-14(28)27-25-10-15-6-16(11-25)9-24(8-15,13-25)23(32)35-12-20(29)26-19-7-17(21(30)33-2)4-5-18(19)22(31)34-3/h4-5,7,15-16H,6,8-13H2,1-3H3,(H,26,29)(H,27,28). The molecule has 4 saturated carbocycles. The van der Waals surface area contributed by atoms with E-state index in [2.05, 4.69) is 15.4 Å². The summed E-state index contributed by atoms with van der Waals surface area (Å²) < 4.78 is 14.9. The van der Waals surface area contributed by atoms with Crippen LogP contribution in [0.15, 0.2) is 18.2 Å². The van der Waals surface area contributed by atoms with Gasteiger partial charge >= 0.3 is 17.9 Å². The summed E-state index contributed by atoms with van der Waals surface area (Å²) in [6.45, 7) is 0.942. The van der Waals surface area contributed by atoms with Gasteiger partial charge in [-0.25, -0.2) is 9.59 Å². The molecule has 2 atom stereocenters. The number of carbonyl (C=O) groups is 5. The van der Waals surface area contributed by atoms with Gasteiger partial charge in [-0.15, -0.1) is 0 Å². The smallest absolute Gasteiger partial charge is 0.339 e. The predicted molar refractivity (Wildman–Crippen MR) is 122 cm³/mol. The topological polar surface area (TPSA) is 137 Å². The van der Waals surface area contributed by atoms with E-state index < -0.39 is 35.8 Å². The average Bonchev–Trinajstić information content (AvgIpc) is 2.79. The van der Waals surface area contributed by atoms with Gasteiger partial charge in [0.1, 0.15) is 0 Å². The molecule has 10 heteroatoms. The highest BCUT2D eigenvalue weighted by Crippen LogP contribution is 2.62. The van der Waals surface area contributed by atoms with E-state index in [-0.39, 0.29) is 28.3 Å². The summed E-state index contributed by atoms with van der Waals surface area (Å²) in [5, 5.41) is 5.62. The summed E-state index contributed by atoms with van der Waals surface area (Å²) in [5.41, 5.74) is -0.891. The molecule has 2 N–H and O–H groups in total. The minimum Gasteiger partial charge on any atom is -0.465 e. The van der Waals surface area contributed by atoms with E-state index in [1.165, 1.54) is 39.3 Å². The first-order chi connectivity index (χ1) is 16.6. The largest absolute Gasteiger partial charge is 0.465 e. The molecule has 188 valence electrons. The van der Waals surface area contributed by atoms with Gasteiger partial charge < -0.3 is 24.8 Å². The Kier molecular flexibility index (Phi) is 6.57. The molecule has 35 heavy (non-hydrogen) atoms. The van der Waals surface area contributed by atoms with Crippen LogP contribution < -0.4 is 10.6 Å². The molecule has 0 heterocycles. The SMILES string of the molecule is COC(=O)c1ccc(C(=O)OC)c(NC(=O)COC(=O)C23CC4CC(CC(NC(C)=O)(C4)C2)C3)c1. The number of methoxy groups -OCH3 is 2. The number of anilines is 1. The molecule has 2 unspecified atom stereocenters. The minimum absolute atomic E-state index is 0.0400. The number of hydrogen-bond donors (Lipinski definition) is 2. The fraction of sp³-hybridized carbons (Fsp3) is 0.560. The van der Waals surface area contributed by atoms with Crippen LogP contribution >= 0.6 is 0 Å². The molecule has 0 aromatic heterocycles. The number of esters is 3. The number of amides is 2. The molecule has 4 aliphatic rings. The number of carbonyl (C=O) groups excluding carboxylic acids is 5. The third-order valence-corrected chi connectivity index (χ3v) is 7.39. The lowest BCUT2D eigenvalue weighted by Crippen LogP contribution is -2.64. The van der Waals surface area contributed by atoms with Crippen LogP contribution in [-0.4, -0.2) is 56.1 Å². The second kappa shape index (κ2) is 9.31. The number of hydrogen-bond acceptors (Lipinski definition) is 8. The van der Waals surface area contributed by atoms with E-state index in [1.54, 1.807) is 0 Å². The number of benzene rings is 1. The molecule has 0 saturated heterocycles. The Morgan fingerprint density at radius 3 is 2.23 bits per heavy atom. The van der Waals surface area contributed by atoms with Crippen molar-refractivity contribution >= 4 is 35.4 Å². The van der Waals surface area contributed by atoms with Crippen molar-refractivity contribution in [1.29, 1.82) is 0 Å². The summed E-state index contributed by atoms with van der Waals surface area (Å²) in [6.07, 6.45) is 4.68. The quantitative estimate of drug-likeness (QED) is 0.442. The zero-order valence-corrected chi connectivity index (χ0v) is 20.1. The highest BCUT2D eigenvalue weighted by molar-refractivity contribution is 6.04. The summed E-state index contributed by atoms with van der Waals surface area (Å²) in [6, 6.07) is 4.02. The molecule has 4 fully saturated rings. The summed E-state index contributed by atoms with van der Waals surface area (Å²) in [5.74, 6) is -1.87. The van der Waals surface area contributed by atoms with Gasteiger partial charge in [0.05, 0.1) is 36.4 Å². The summed E-state index contributed by atoms with van der Waals surface area (Å²) in [4.78, 5) is 61.7. The average molecular weight is 487 g/mol. The van der Waals surface area contributed by atoms with Crippen LogP contribution in [0, 0.1) is 17.3 Å². The summed E-state index contributed by atoms with van der Waals surface area (Å²) in [7, 11) is 2.41. The lowest BCUT2D eigenvalue weighted by Gasteiger charge is -2.60. The minimum atomic E-state index is -0.714. The van der Waals surface area contributed by atoms with Gasteiger partial charge in [-0.1, -0.05) is 0 Å². The first kappa shape index (κ1) is 24.7. The maximum Gasteiger partial charge on any atom is 0.339 e. The second-order valence-electron chi connectivity index (χ2n) is 10.1. The van der Waals surface area contributed by atoms with E-state index in [9.17, 15) is 24.0 Å². The molecule has 4 aliphatic carbocycles. The van der Waals surface area contributed by atoms with E-state index in [0.29, 0.717) is 31.1 Å². The highest BCUT2D eigenvalue weighted by atomic mass is 16.5. The van der Waals surface area contributed by atoms with E-state index in [1.807, 2.05) is 0 Å². The van der Waals surface area contributed by atoms with Crippen LogP contribution in [0.25, 0.3) is 0 Å². The first-order valence-corrected chi connectivity index (χ1v) is 11.7. The Hall–Kier alpha value is -3.43. The van der Waals surface area contributed by atoms with E-state index >= 15 is 0 Å². The third kappa shape index (κ3) is 4.87. The highest BCUT2D eigenvalue weighted by Gasteiger charge is 2.61. The summed E-state index contributed by atoms with van der Waals surface area (Å²) >= 11 is 0. The Morgan fingerprint density at radius 1 is 0.971 bits per heavy atom. The zero-order chi connectivity index (χ0) is 25.4. The molecule has 1 aromatic rings. The predicted octanol–water partition coefficient (Wildman–Crippen LogP) is 2.22. The molecular weight excluding hydrogens is 456 g/mol. The number of ether oxygens (including phenoxy) is 3. The van der Waals surface area contributed by atoms with Crippen molar-refractivity contribution in [2.75, 3.05) is 26.1 Å². The molecular formula is C25H30N2O8. The normalized spacial score (nSPS) is 28.1. The Balaban J connectivity index is 1.45. The maximum atomic E-state index is 13.2. The van der Waals surface area contributed by atoms with Crippen LogP contribution in [0.2, 0.25) is 0 Å². The van der Waals surface area contributed by atoms with Crippen molar-refractivity contribution in [2.45, 2.75) is 51.0 Å². The van der Waals surface area contributed by atoms with E-state index in [0.717, 1.165) is 19.3 Å². The fourth-order valence-corrected chi connectivity index (χ4v) is 6.67. The van der Waals surface area contributed by atoms with Gasteiger partial charge in [-0.2, -0.15) is 0 Å². The van der Waals surface area contributed by atoms with Crippen molar-refractivity contribution in [3.05, 3.63) is 29.3 Å². The van der Waals surface area contributed by atoms with Gasteiger partial charge in [-0.3, -0.25) is 14.4 Å². The first-order valence-electron chi connectivity index (χ1n) is 11.7. The van der Waals surface area contributed by atoms with Gasteiger partial charge in [0.15, 0.2) is 6.61 Å². The second-order valence-corrected chi connectivity index (χ2v) is 10.1. The Bertz CT molecular complexity index is 1070. The molecule has 2 amide bonds. The van der Waals surface area contributed by atoms with Gasteiger partial charge in [0.2, 0.25) is 5.91 Å². The van der Waals surface area contributed by atoms with Crippen molar-refractivity contribution in [1.82, 2.24) is 5.32 Å². The molecule has 0 aliphatic heterocycles. The lowest BCUT2D eigenvalue weighted by molar-refractivity contribution is -0.176.